The van der Waals surface area contributed by atoms with E-state index in [1.807, 2.05) is 7.05 Å². The Hall–Kier alpha value is -0.860. The molecule has 1 aromatic rings. The molecule has 2 aliphatic heterocycles. The van der Waals surface area contributed by atoms with Gasteiger partial charge in [-0.05, 0) is 35.8 Å². The molecule has 0 aliphatic carbocycles. The Labute approximate surface area is 180 Å². The molecule has 152 valence electrons. The maximum Gasteiger partial charge on any atom is 0.193 e. The van der Waals surface area contributed by atoms with Crippen LogP contribution in [0.5, 0.6) is 0 Å². The zero-order valence-electron chi connectivity index (χ0n) is 16.9. The third-order valence-corrected chi connectivity index (χ3v) is 5.28. The number of benzene rings is 1. The molecule has 0 saturated carbocycles. The molecule has 1 N–H and O–H groups in total. The number of rotatable bonds is 5. The molecule has 0 amide bonds. The number of halogens is 1. The summed E-state index contributed by atoms with van der Waals surface area (Å²) in [7, 11) is 1.87. The first-order valence-corrected chi connectivity index (χ1v) is 9.78. The maximum absolute atomic E-state index is 6.04. The summed E-state index contributed by atoms with van der Waals surface area (Å²) in [5, 5.41) is 3.52. The van der Waals surface area contributed by atoms with Gasteiger partial charge in [-0.15, -0.1) is 24.0 Å². The van der Waals surface area contributed by atoms with Gasteiger partial charge in [0, 0.05) is 39.9 Å². The highest BCUT2D eigenvalue weighted by Crippen LogP contribution is 2.28. The van der Waals surface area contributed by atoms with Crippen LogP contribution in [-0.2, 0) is 22.6 Å². The fourth-order valence-corrected chi connectivity index (χ4v) is 3.69. The summed E-state index contributed by atoms with van der Waals surface area (Å²) in [6, 6.07) is 8.64. The lowest BCUT2D eigenvalue weighted by Crippen LogP contribution is -2.40. The molecule has 27 heavy (non-hydrogen) atoms. The minimum absolute atomic E-state index is 0. The maximum atomic E-state index is 6.04. The van der Waals surface area contributed by atoms with Gasteiger partial charge in [-0.1, -0.05) is 38.1 Å². The summed E-state index contributed by atoms with van der Waals surface area (Å²) >= 11 is 0. The number of likely N-dealkylation sites (tertiary alicyclic amines) is 1. The van der Waals surface area contributed by atoms with Crippen LogP contribution in [0.1, 0.15) is 44.2 Å². The number of hydrogen-bond donors (Lipinski definition) is 1. The minimum Gasteiger partial charge on any atom is -0.381 e. The lowest BCUT2D eigenvalue weighted by Gasteiger charge is -2.24. The van der Waals surface area contributed by atoms with Gasteiger partial charge in [0.25, 0.3) is 0 Å². The van der Waals surface area contributed by atoms with E-state index in [1.165, 1.54) is 17.5 Å². The van der Waals surface area contributed by atoms with Gasteiger partial charge in [-0.2, -0.15) is 0 Å². The minimum atomic E-state index is 0. The average molecular weight is 487 g/mol. The Morgan fingerprint density at radius 1 is 1.30 bits per heavy atom. The van der Waals surface area contributed by atoms with E-state index in [-0.39, 0.29) is 24.0 Å². The topological polar surface area (TPSA) is 46.1 Å². The molecule has 0 radical (unpaired) electrons. The third-order valence-electron chi connectivity index (χ3n) is 5.28. The van der Waals surface area contributed by atoms with Crippen LogP contribution >= 0.6 is 24.0 Å². The van der Waals surface area contributed by atoms with Gasteiger partial charge >= 0.3 is 0 Å². The van der Waals surface area contributed by atoms with Gasteiger partial charge in [0.1, 0.15) is 0 Å². The SMILES string of the molecule is CN=C(NCc1cccc(COC2CCOCC2)c1)N1CCC(C)(C)C1.I. The van der Waals surface area contributed by atoms with Crippen molar-refractivity contribution in [3.8, 4) is 0 Å². The van der Waals surface area contributed by atoms with Crippen LogP contribution in [0.25, 0.3) is 0 Å². The van der Waals surface area contributed by atoms with Gasteiger partial charge in [-0.25, -0.2) is 0 Å². The first kappa shape index (κ1) is 22.4. The lowest BCUT2D eigenvalue weighted by atomic mass is 9.93. The number of guanidine groups is 1. The van der Waals surface area contributed by atoms with Crippen LogP contribution in [-0.4, -0.2) is 50.3 Å². The van der Waals surface area contributed by atoms with E-state index in [9.17, 15) is 0 Å². The number of hydrogen-bond acceptors (Lipinski definition) is 3. The van der Waals surface area contributed by atoms with E-state index >= 15 is 0 Å². The highest BCUT2D eigenvalue weighted by atomic mass is 127. The van der Waals surface area contributed by atoms with E-state index in [0.717, 1.165) is 51.6 Å². The molecule has 0 aromatic heterocycles. The fraction of sp³-hybridized carbons (Fsp3) is 0.667. The summed E-state index contributed by atoms with van der Waals surface area (Å²) < 4.78 is 11.4. The predicted octanol–water partition coefficient (Wildman–Crippen LogP) is 3.81. The van der Waals surface area contributed by atoms with Crippen LogP contribution in [0.3, 0.4) is 0 Å². The van der Waals surface area contributed by atoms with Crippen molar-refractivity contribution in [2.45, 2.75) is 52.4 Å². The zero-order chi connectivity index (χ0) is 18.4. The molecule has 6 heteroatoms. The van der Waals surface area contributed by atoms with Gasteiger partial charge in [0.15, 0.2) is 5.96 Å². The quantitative estimate of drug-likeness (QED) is 0.390. The van der Waals surface area contributed by atoms with Crippen LogP contribution in [0, 0.1) is 5.41 Å². The molecule has 5 nitrogen and oxygen atoms in total. The first-order chi connectivity index (χ1) is 12.6. The Morgan fingerprint density at radius 2 is 2.04 bits per heavy atom. The van der Waals surface area contributed by atoms with Crippen molar-refractivity contribution in [3.05, 3.63) is 35.4 Å². The van der Waals surface area contributed by atoms with Gasteiger partial charge in [0.2, 0.25) is 0 Å². The van der Waals surface area contributed by atoms with E-state index in [2.05, 4.69) is 53.3 Å². The van der Waals surface area contributed by atoms with E-state index in [0.29, 0.717) is 18.1 Å². The Kier molecular flexibility index (Phi) is 8.82. The van der Waals surface area contributed by atoms with Crippen molar-refractivity contribution in [1.29, 1.82) is 0 Å². The second-order valence-electron chi connectivity index (χ2n) is 8.18. The second-order valence-corrected chi connectivity index (χ2v) is 8.18. The first-order valence-electron chi connectivity index (χ1n) is 9.78. The second kappa shape index (κ2) is 10.6. The molecule has 2 saturated heterocycles. The van der Waals surface area contributed by atoms with Crippen molar-refractivity contribution in [2.24, 2.45) is 10.4 Å². The smallest absolute Gasteiger partial charge is 0.193 e. The summed E-state index contributed by atoms with van der Waals surface area (Å²) in [6.07, 6.45) is 3.56. The van der Waals surface area contributed by atoms with Crippen LogP contribution in [0.15, 0.2) is 29.3 Å². The van der Waals surface area contributed by atoms with Crippen molar-refractivity contribution < 1.29 is 9.47 Å². The summed E-state index contributed by atoms with van der Waals surface area (Å²) in [4.78, 5) is 6.82. The van der Waals surface area contributed by atoms with Gasteiger partial charge in [0.05, 0.1) is 12.7 Å². The molecule has 0 spiro atoms. The molecule has 0 atom stereocenters. The van der Waals surface area contributed by atoms with E-state index < -0.39 is 0 Å². The Morgan fingerprint density at radius 3 is 2.70 bits per heavy atom. The predicted molar refractivity (Wildman–Crippen MR) is 121 cm³/mol. The molecule has 2 fully saturated rings. The van der Waals surface area contributed by atoms with Crippen LogP contribution in [0.4, 0.5) is 0 Å². The number of ether oxygens (including phenoxy) is 2. The van der Waals surface area contributed by atoms with Gasteiger partial charge < -0.3 is 19.7 Å². The standard InChI is InChI=1S/C21H33N3O2.HI/c1-21(2)9-10-24(16-21)20(22-3)23-14-17-5-4-6-18(13-17)15-26-19-7-11-25-12-8-19;/h4-6,13,19H,7-12,14-16H2,1-3H3,(H,22,23);1H. The van der Waals surface area contributed by atoms with Crippen molar-refractivity contribution >= 4 is 29.9 Å². The molecular weight excluding hydrogens is 453 g/mol. The average Bonchev–Trinajstić information content (AvgIpc) is 3.01. The van der Waals surface area contributed by atoms with Crippen LogP contribution < -0.4 is 5.32 Å². The number of nitrogens with zero attached hydrogens (tertiary/aromatic N) is 2. The van der Waals surface area contributed by atoms with Crippen molar-refractivity contribution in [2.75, 3.05) is 33.4 Å². The summed E-state index contributed by atoms with van der Waals surface area (Å²) in [5.41, 5.74) is 2.87. The normalized spacial score (nSPS) is 20.4. The third kappa shape index (κ3) is 6.91. The zero-order valence-corrected chi connectivity index (χ0v) is 19.2. The molecule has 2 aliphatic rings. The molecule has 0 bridgehead atoms. The largest absolute Gasteiger partial charge is 0.381 e. The fourth-order valence-electron chi connectivity index (χ4n) is 3.69. The lowest BCUT2D eigenvalue weighted by molar-refractivity contribution is -0.0390. The highest BCUT2D eigenvalue weighted by molar-refractivity contribution is 14.0. The van der Waals surface area contributed by atoms with E-state index in [1.54, 1.807) is 0 Å². The summed E-state index contributed by atoms with van der Waals surface area (Å²) in [6.45, 7) is 9.88. The monoisotopic (exact) mass is 487 g/mol. The van der Waals surface area contributed by atoms with Crippen molar-refractivity contribution in [1.82, 2.24) is 10.2 Å². The summed E-state index contributed by atoms with van der Waals surface area (Å²) in [5.74, 6) is 0.999. The Balaban J connectivity index is 0.00000261. The molecule has 2 heterocycles. The van der Waals surface area contributed by atoms with Gasteiger partial charge in [-0.3, -0.25) is 4.99 Å². The number of nitrogens with one attached hydrogen (secondary N) is 1. The molecular formula is C21H34IN3O2. The van der Waals surface area contributed by atoms with E-state index in [4.69, 9.17) is 9.47 Å². The number of aliphatic imine (C=N–C) groups is 1. The molecule has 3 rings (SSSR count). The highest BCUT2D eigenvalue weighted by Gasteiger charge is 2.30. The molecule has 1 aromatic carbocycles. The molecule has 0 unspecified atom stereocenters. The van der Waals surface area contributed by atoms with Crippen LogP contribution in [0.2, 0.25) is 0 Å². The Bertz CT molecular complexity index is 615. The van der Waals surface area contributed by atoms with Crippen molar-refractivity contribution in [3.63, 3.8) is 0 Å².